The third-order valence-corrected chi connectivity index (χ3v) is 7.30. The molecular weight excluding hydrogens is 462 g/mol. The first kappa shape index (κ1) is 23.3. The molecule has 1 N–H and O–H groups in total. The number of anilines is 3. The Hall–Kier alpha value is -3.42. The Morgan fingerprint density at radius 1 is 1.11 bits per heavy atom. The molecule has 8 heteroatoms. The van der Waals surface area contributed by atoms with E-state index >= 15 is 0 Å². The van der Waals surface area contributed by atoms with Crippen LogP contribution in [0.4, 0.5) is 17.2 Å². The maximum absolute atomic E-state index is 14.3. The highest BCUT2D eigenvalue weighted by Gasteiger charge is 2.51. The van der Waals surface area contributed by atoms with Crippen LogP contribution in [-0.2, 0) is 15.1 Å². The molecule has 0 saturated carbocycles. The van der Waals surface area contributed by atoms with Gasteiger partial charge >= 0.3 is 0 Å². The Morgan fingerprint density at radius 3 is 2.51 bits per heavy atom. The van der Waals surface area contributed by atoms with Crippen LogP contribution in [0.25, 0.3) is 0 Å². The van der Waals surface area contributed by atoms with Crippen LogP contribution in [0, 0.1) is 0 Å². The number of nitrogens with one attached hydrogen (secondary N) is 1. The topological polar surface area (TPSA) is 68.8 Å². The van der Waals surface area contributed by atoms with Gasteiger partial charge in [-0.05, 0) is 50.1 Å². The lowest BCUT2D eigenvalue weighted by molar-refractivity contribution is -0.125. The molecule has 0 spiro atoms. The van der Waals surface area contributed by atoms with E-state index in [9.17, 15) is 9.59 Å². The number of fused-ring (bicyclic) bond motifs is 2. The molecule has 7 nitrogen and oxygen atoms in total. The number of pyridine rings is 1. The van der Waals surface area contributed by atoms with E-state index in [2.05, 4.69) is 10.4 Å². The van der Waals surface area contributed by atoms with E-state index in [4.69, 9.17) is 11.6 Å². The van der Waals surface area contributed by atoms with Crippen molar-refractivity contribution in [2.45, 2.75) is 44.8 Å². The number of hydrazine groups is 1. The molecule has 0 saturated heterocycles. The fourth-order valence-electron chi connectivity index (χ4n) is 5.49. The molecule has 5 rings (SSSR count). The molecule has 1 unspecified atom stereocenters. The lowest BCUT2D eigenvalue weighted by Crippen LogP contribution is -2.58. The molecule has 2 aliphatic rings. The van der Waals surface area contributed by atoms with Crippen LogP contribution in [0.5, 0.6) is 0 Å². The van der Waals surface area contributed by atoms with Crippen molar-refractivity contribution in [1.29, 1.82) is 0 Å². The van der Waals surface area contributed by atoms with Crippen LogP contribution in [0.15, 0.2) is 66.9 Å². The van der Waals surface area contributed by atoms with Gasteiger partial charge in [0.15, 0.2) is 0 Å². The molecule has 1 aromatic heterocycles. The Morgan fingerprint density at radius 2 is 1.80 bits per heavy atom. The fraction of sp³-hybridized carbons (Fsp3) is 0.296. The molecule has 0 fully saturated rings. The molecule has 3 heterocycles. The fourth-order valence-corrected chi connectivity index (χ4v) is 5.82. The zero-order chi connectivity index (χ0) is 24.9. The van der Waals surface area contributed by atoms with Gasteiger partial charge in [-0.1, -0.05) is 48.0 Å². The predicted molar refractivity (Wildman–Crippen MR) is 138 cm³/mol. The second kappa shape index (κ2) is 8.66. The summed E-state index contributed by atoms with van der Waals surface area (Å²) in [5.41, 5.74) is 5.43. The van der Waals surface area contributed by atoms with Crippen LogP contribution in [-0.4, -0.2) is 29.9 Å². The second-order valence-corrected chi connectivity index (χ2v) is 9.75. The molecule has 0 aliphatic carbocycles. The van der Waals surface area contributed by atoms with Crippen molar-refractivity contribution in [2.75, 3.05) is 21.9 Å². The van der Waals surface area contributed by atoms with E-state index in [1.807, 2.05) is 85.3 Å². The van der Waals surface area contributed by atoms with Gasteiger partial charge in [0.05, 0.1) is 11.1 Å². The number of benzene rings is 2. The number of carbonyl (C=O) groups excluding carboxylic acids is 2. The number of halogens is 1. The second-order valence-electron chi connectivity index (χ2n) is 9.35. The first-order valence-corrected chi connectivity index (χ1v) is 12.1. The Bertz CT molecular complexity index is 1300. The van der Waals surface area contributed by atoms with Crippen LogP contribution in [0.1, 0.15) is 44.4 Å². The third-order valence-electron chi connectivity index (χ3n) is 6.98. The zero-order valence-corrected chi connectivity index (χ0v) is 21.0. The first-order chi connectivity index (χ1) is 16.7. The number of hydrogen-bond donors (Lipinski definition) is 1. The van der Waals surface area contributed by atoms with Gasteiger partial charge in [-0.2, -0.15) is 0 Å². The summed E-state index contributed by atoms with van der Waals surface area (Å²) in [5.74, 6) is 0.474. The van der Waals surface area contributed by atoms with Crippen molar-refractivity contribution in [3.8, 4) is 0 Å². The smallest absolute Gasteiger partial charge is 0.253 e. The number of rotatable bonds is 3. The molecule has 2 aliphatic heterocycles. The average molecular weight is 490 g/mol. The van der Waals surface area contributed by atoms with Gasteiger partial charge in [-0.15, -0.1) is 0 Å². The predicted octanol–water partition coefficient (Wildman–Crippen LogP) is 4.82. The standard InChI is InChI=1S/C27H28ClN5O2/c1-17-16-23(33(18(2)34)19-10-6-5-7-11-19)20-12-8-9-13-22(20)32(17)26(35)27(3)24-21(28)14-15-29-25(24)31(4)30-27/h5-15,17,23,30H,16H2,1-4H3/t17-,23+,27?/m0/s1. The van der Waals surface area contributed by atoms with Gasteiger partial charge in [0.25, 0.3) is 5.91 Å². The summed E-state index contributed by atoms with van der Waals surface area (Å²) in [6, 6.07) is 18.8. The van der Waals surface area contributed by atoms with Gasteiger partial charge in [0.1, 0.15) is 11.4 Å². The van der Waals surface area contributed by atoms with Crippen LogP contribution in [0.2, 0.25) is 5.02 Å². The van der Waals surface area contributed by atoms with E-state index < -0.39 is 5.54 Å². The summed E-state index contributed by atoms with van der Waals surface area (Å²) < 4.78 is 0. The number of hydrogen-bond acceptors (Lipinski definition) is 5. The van der Waals surface area contributed by atoms with Gasteiger partial charge in [0, 0.05) is 43.1 Å². The third kappa shape index (κ3) is 3.66. The van der Waals surface area contributed by atoms with Gasteiger partial charge in [0.2, 0.25) is 5.91 Å². The summed E-state index contributed by atoms with van der Waals surface area (Å²) in [6.45, 7) is 5.46. The number of para-hydroxylation sites is 2. The largest absolute Gasteiger partial charge is 0.307 e. The van der Waals surface area contributed by atoms with E-state index in [0.29, 0.717) is 22.8 Å². The summed E-state index contributed by atoms with van der Waals surface area (Å²) in [5, 5.41) is 2.24. The molecule has 0 bridgehead atoms. The molecule has 3 aromatic rings. The number of nitrogens with zero attached hydrogens (tertiary/aromatic N) is 4. The minimum Gasteiger partial charge on any atom is -0.307 e. The van der Waals surface area contributed by atoms with Crippen molar-refractivity contribution < 1.29 is 9.59 Å². The summed E-state index contributed by atoms with van der Waals surface area (Å²) in [7, 11) is 1.83. The average Bonchev–Trinajstić information content (AvgIpc) is 3.11. The highest BCUT2D eigenvalue weighted by atomic mass is 35.5. The lowest BCUT2D eigenvalue weighted by atomic mass is 9.86. The number of aromatic nitrogens is 1. The highest BCUT2D eigenvalue weighted by Crippen LogP contribution is 2.46. The van der Waals surface area contributed by atoms with Crippen LogP contribution in [0.3, 0.4) is 0 Å². The molecule has 0 radical (unpaired) electrons. The van der Waals surface area contributed by atoms with E-state index in [-0.39, 0.29) is 23.9 Å². The minimum absolute atomic E-state index is 0.0409. The SMILES string of the molecule is CC(=O)N(c1ccccc1)[C@@H]1C[C@H](C)N(C(=O)C2(C)NN(C)c3nccc(Cl)c32)c2ccccc21. The Kier molecular flexibility index (Phi) is 5.77. The van der Waals surface area contributed by atoms with Crippen molar-refractivity contribution in [3.05, 3.63) is 83.0 Å². The highest BCUT2D eigenvalue weighted by molar-refractivity contribution is 6.32. The monoisotopic (exact) mass is 489 g/mol. The van der Waals surface area contributed by atoms with Crippen LogP contribution >= 0.6 is 11.6 Å². The lowest BCUT2D eigenvalue weighted by Gasteiger charge is -2.45. The molecule has 2 aromatic carbocycles. The van der Waals surface area contributed by atoms with Crippen LogP contribution < -0.4 is 20.2 Å². The summed E-state index contributed by atoms with van der Waals surface area (Å²) in [4.78, 5) is 35.3. The van der Waals surface area contributed by atoms with Crippen molar-refractivity contribution in [1.82, 2.24) is 10.4 Å². The zero-order valence-electron chi connectivity index (χ0n) is 20.2. The maximum atomic E-state index is 14.3. The van der Waals surface area contributed by atoms with Gasteiger partial charge in [-0.3, -0.25) is 14.6 Å². The van der Waals surface area contributed by atoms with Gasteiger partial charge < -0.3 is 9.80 Å². The first-order valence-electron chi connectivity index (χ1n) is 11.7. The summed E-state index contributed by atoms with van der Waals surface area (Å²) in [6.07, 6.45) is 2.23. The number of amides is 2. The Balaban J connectivity index is 1.60. The Labute approximate surface area is 210 Å². The van der Waals surface area contributed by atoms with Crippen molar-refractivity contribution >= 4 is 40.6 Å². The normalized spacial score (nSPS) is 23.0. The molecule has 180 valence electrons. The van der Waals surface area contributed by atoms with Gasteiger partial charge in [-0.25, -0.2) is 10.4 Å². The minimum atomic E-state index is -1.09. The quantitative estimate of drug-likeness (QED) is 0.571. The van der Waals surface area contributed by atoms with Crippen molar-refractivity contribution in [2.24, 2.45) is 0 Å². The van der Waals surface area contributed by atoms with Crippen molar-refractivity contribution in [3.63, 3.8) is 0 Å². The molecule has 35 heavy (non-hydrogen) atoms. The van der Waals surface area contributed by atoms with E-state index in [1.54, 1.807) is 24.2 Å². The molecule has 3 atom stereocenters. The van der Waals surface area contributed by atoms with E-state index in [1.165, 1.54) is 0 Å². The van der Waals surface area contributed by atoms with E-state index in [0.717, 1.165) is 16.9 Å². The molecule has 2 amide bonds. The maximum Gasteiger partial charge on any atom is 0.253 e. The summed E-state index contributed by atoms with van der Waals surface area (Å²) >= 11 is 6.58. The molecular formula is C27H28ClN5O2. The number of carbonyl (C=O) groups is 2.